The number of carbonyl (C=O) groups excluding carboxylic acids is 1. The van der Waals surface area contributed by atoms with Crippen molar-refractivity contribution in [2.24, 2.45) is 0 Å². The van der Waals surface area contributed by atoms with Crippen molar-refractivity contribution in [1.82, 2.24) is 5.16 Å². The summed E-state index contributed by atoms with van der Waals surface area (Å²) in [4.78, 5) is 24.4. The second-order valence-corrected chi connectivity index (χ2v) is 9.72. The zero-order valence-corrected chi connectivity index (χ0v) is 19.3. The van der Waals surface area contributed by atoms with Gasteiger partial charge in [0.15, 0.2) is 0 Å². The average Bonchev–Trinajstić information content (AvgIpc) is 3.23. The van der Waals surface area contributed by atoms with Gasteiger partial charge >= 0.3 is 5.97 Å². The summed E-state index contributed by atoms with van der Waals surface area (Å²) in [6.45, 7) is 6.43. The normalized spacial score (nSPS) is 11.4. The molecule has 0 atom stereocenters. The van der Waals surface area contributed by atoms with Crippen LogP contribution >= 0.6 is 22.9 Å². The van der Waals surface area contributed by atoms with E-state index in [1.165, 1.54) is 11.4 Å². The van der Waals surface area contributed by atoms with Crippen LogP contribution in [0.25, 0.3) is 0 Å². The van der Waals surface area contributed by atoms with E-state index in [-0.39, 0.29) is 31.9 Å². The Kier molecular flexibility index (Phi) is 6.12. The Morgan fingerprint density at radius 3 is 2.39 bits per heavy atom. The molecular formula is C19H18ClN3O6S2. The molecule has 3 rings (SSSR count). The van der Waals surface area contributed by atoms with Gasteiger partial charge in [-0.05, 0) is 55.8 Å². The maximum absolute atomic E-state index is 13.0. The smallest absolute Gasteiger partial charge is 0.336 e. The van der Waals surface area contributed by atoms with Crippen LogP contribution in [0.15, 0.2) is 26.9 Å². The molecule has 9 nitrogen and oxygen atoms in total. The number of carboxylic acids is 1. The van der Waals surface area contributed by atoms with Gasteiger partial charge in [0.1, 0.15) is 20.6 Å². The van der Waals surface area contributed by atoms with E-state index in [2.05, 4.69) is 15.2 Å². The van der Waals surface area contributed by atoms with Crippen molar-refractivity contribution in [3.8, 4) is 0 Å². The molecule has 164 valence electrons. The molecule has 2 heterocycles. The topological polar surface area (TPSA) is 139 Å². The van der Waals surface area contributed by atoms with Crippen LogP contribution < -0.4 is 10.0 Å². The first kappa shape index (κ1) is 22.8. The van der Waals surface area contributed by atoms with Crippen LogP contribution in [0.5, 0.6) is 0 Å². The van der Waals surface area contributed by atoms with Gasteiger partial charge in [-0.3, -0.25) is 4.79 Å². The fraction of sp³-hybridized carbons (Fsp3) is 0.211. The Bertz CT molecular complexity index is 1310. The minimum absolute atomic E-state index is 0.0245. The number of rotatable bonds is 6. The van der Waals surface area contributed by atoms with Crippen LogP contribution in [-0.2, 0) is 10.0 Å². The van der Waals surface area contributed by atoms with Gasteiger partial charge in [-0.2, -0.15) is 0 Å². The number of benzene rings is 1. The Morgan fingerprint density at radius 2 is 1.81 bits per heavy atom. The van der Waals surface area contributed by atoms with Gasteiger partial charge in [0, 0.05) is 5.56 Å². The number of amides is 1. The third-order valence-corrected chi connectivity index (χ3v) is 7.35. The number of nitrogens with zero attached hydrogens (tertiary/aromatic N) is 1. The molecule has 1 aromatic carbocycles. The van der Waals surface area contributed by atoms with Gasteiger partial charge in [0.05, 0.1) is 5.56 Å². The molecule has 0 fully saturated rings. The summed E-state index contributed by atoms with van der Waals surface area (Å²) in [5.41, 5.74) is 1.92. The fourth-order valence-electron chi connectivity index (χ4n) is 3.23. The number of anilines is 2. The maximum atomic E-state index is 13.0. The van der Waals surface area contributed by atoms with Crippen molar-refractivity contribution in [3.63, 3.8) is 0 Å². The lowest BCUT2D eigenvalue weighted by molar-refractivity contribution is 0.0695. The Hall–Kier alpha value is -2.89. The number of aromatic carboxylic acids is 1. The number of aryl methyl sites for hydroxylation is 3. The van der Waals surface area contributed by atoms with Gasteiger partial charge < -0.3 is 14.9 Å². The zero-order valence-electron chi connectivity index (χ0n) is 16.9. The predicted molar refractivity (Wildman–Crippen MR) is 117 cm³/mol. The predicted octanol–water partition coefficient (Wildman–Crippen LogP) is 4.37. The van der Waals surface area contributed by atoms with Crippen molar-refractivity contribution in [1.29, 1.82) is 0 Å². The van der Waals surface area contributed by atoms with E-state index in [0.29, 0.717) is 22.4 Å². The molecule has 1 amide bonds. The molecule has 0 unspecified atom stereocenters. The Morgan fingerprint density at radius 1 is 1.16 bits per heavy atom. The molecule has 3 aromatic rings. The van der Waals surface area contributed by atoms with E-state index < -0.39 is 21.9 Å². The number of halogens is 1. The highest BCUT2D eigenvalue weighted by molar-refractivity contribution is 7.93. The molecular weight excluding hydrogens is 466 g/mol. The van der Waals surface area contributed by atoms with Gasteiger partial charge in [-0.15, -0.1) is 11.3 Å². The molecule has 0 bridgehead atoms. The SMILES string of the molecule is Cc1cc(C)c(C(=O)Nc2sccc2S(=O)(=O)Nc2onc(C)c2Cl)c(C)c1C(=O)O. The van der Waals surface area contributed by atoms with E-state index in [1.807, 2.05) is 0 Å². The van der Waals surface area contributed by atoms with Gasteiger partial charge in [-0.25, -0.2) is 17.9 Å². The number of hydrogen-bond donors (Lipinski definition) is 3. The fourth-order valence-corrected chi connectivity index (χ4v) is 5.67. The molecule has 12 heteroatoms. The number of aromatic nitrogens is 1. The number of hydrogen-bond acceptors (Lipinski definition) is 7. The molecule has 0 saturated carbocycles. The van der Waals surface area contributed by atoms with Gasteiger partial charge in [0.25, 0.3) is 21.8 Å². The van der Waals surface area contributed by atoms with Crippen molar-refractivity contribution in [2.45, 2.75) is 32.6 Å². The number of thiophene rings is 1. The second-order valence-electron chi connectivity index (χ2n) is 6.78. The summed E-state index contributed by atoms with van der Waals surface area (Å²) in [5.74, 6) is -2.00. The lowest BCUT2D eigenvalue weighted by atomic mass is 9.93. The highest BCUT2D eigenvalue weighted by Crippen LogP contribution is 2.33. The minimum Gasteiger partial charge on any atom is -0.478 e. The summed E-state index contributed by atoms with van der Waals surface area (Å²) in [6, 6.07) is 2.92. The molecule has 3 N–H and O–H groups in total. The van der Waals surface area contributed by atoms with Gasteiger partial charge in [-0.1, -0.05) is 22.8 Å². The summed E-state index contributed by atoms with van der Waals surface area (Å²) >= 11 is 6.97. The van der Waals surface area contributed by atoms with E-state index in [0.717, 1.165) is 11.3 Å². The first-order chi connectivity index (χ1) is 14.4. The summed E-state index contributed by atoms with van der Waals surface area (Å²) in [7, 11) is -4.15. The highest BCUT2D eigenvalue weighted by atomic mass is 35.5. The molecule has 0 spiro atoms. The van der Waals surface area contributed by atoms with Crippen molar-refractivity contribution in [3.05, 3.63) is 56.0 Å². The highest BCUT2D eigenvalue weighted by Gasteiger charge is 2.27. The monoisotopic (exact) mass is 483 g/mol. The van der Waals surface area contributed by atoms with Crippen LogP contribution in [0.4, 0.5) is 10.9 Å². The van der Waals surface area contributed by atoms with Crippen molar-refractivity contribution in [2.75, 3.05) is 10.0 Å². The first-order valence-corrected chi connectivity index (χ1v) is 11.6. The quantitative estimate of drug-likeness (QED) is 0.473. The number of carboxylic acid groups (broad SMARTS) is 1. The van der Waals surface area contributed by atoms with Crippen LogP contribution in [0.2, 0.25) is 5.02 Å². The lowest BCUT2D eigenvalue weighted by Crippen LogP contribution is -2.20. The summed E-state index contributed by atoms with van der Waals surface area (Å²) in [5, 5.41) is 17.2. The van der Waals surface area contributed by atoms with Gasteiger partial charge in [0.2, 0.25) is 0 Å². The van der Waals surface area contributed by atoms with E-state index in [4.69, 9.17) is 16.1 Å². The number of sulfonamides is 1. The Balaban J connectivity index is 1.95. The summed E-state index contributed by atoms with van der Waals surface area (Å²) < 4.78 is 32.7. The molecule has 0 aliphatic carbocycles. The van der Waals surface area contributed by atoms with E-state index in [9.17, 15) is 23.1 Å². The van der Waals surface area contributed by atoms with Crippen LogP contribution in [0, 0.1) is 27.7 Å². The van der Waals surface area contributed by atoms with Crippen LogP contribution in [-0.4, -0.2) is 30.6 Å². The first-order valence-electron chi connectivity index (χ1n) is 8.81. The lowest BCUT2D eigenvalue weighted by Gasteiger charge is -2.15. The zero-order chi connectivity index (χ0) is 23.1. The molecule has 0 saturated heterocycles. The minimum atomic E-state index is -4.15. The molecule has 31 heavy (non-hydrogen) atoms. The van der Waals surface area contributed by atoms with E-state index in [1.54, 1.807) is 33.8 Å². The van der Waals surface area contributed by atoms with Crippen LogP contribution in [0.1, 0.15) is 43.1 Å². The largest absolute Gasteiger partial charge is 0.478 e. The third-order valence-electron chi connectivity index (χ3n) is 4.58. The third kappa shape index (κ3) is 4.29. The van der Waals surface area contributed by atoms with Crippen LogP contribution in [0.3, 0.4) is 0 Å². The molecule has 0 radical (unpaired) electrons. The molecule has 0 aliphatic rings. The summed E-state index contributed by atoms with van der Waals surface area (Å²) in [6.07, 6.45) is 0. The average molecular weight is 484 g/mol. The molecule has 2 aromatic heterocycles. The van der Waals surface area contributed by atoms with E-state index >= 15 is 0 Å². The number of nitrogens with one attached hydrogen (secondary N) is 2. The van der Waals surface area contributed by atoms with Crippen molar-refractivity contribution >= 4 is 55.7 Å². The Labute approximate surface area is 187 Å². The standard InChI is InChI=1S/C19H18ClN3O6S2/c1-8-7-9(2)14(19(25)26)10(3)13(8)16(24)21-18-12(5-6-30-18)31(27,28)23-17-15(20)11(4)22-29-17/h5-7,23H,1-4H3,(H,21,24)(H,25,26). The maximum Gasteiger partial charge on any atom is 0.336 e. The molecule has 0 aliphatic heterocycles. The number of carbonyl (C=O) groups is 2. The second kappa shape index (κ2) is 8.33. The van der Waals surface area contributed by atoms with Crippen molar-refractivity contribution < 1.29 is 27.6 Å².